The Morgan fingerprint density at radius 3 is 2.40 bits per heavy atom. The summed E-state index contributed by atoms with van der Waals surface area (Å²) >= 11 is 0. The summed E-state index contributed by atoms with van der Waals surface area (Å²) in [6, 6.07) is 15.6. The van der Waals surface area contributed by atoms with E-state index in [0.717, 1.165) is 23.5 Å². The number of rotatable bonds is 9. The molecule has 0 aliphatic heterocycles. The van der Waals surface area contributed by atoms with Gasteiger partial charge in [0.25, 0.3) is 5.91 Å². The van der Waals surface area contributed by atoms with Crippen molar-refractivity contribution >= 4 is 5.91 Å². The molecule has 0 aliphatic rings. The third-order valence-electron chi connectivity index (χ3n) is 3.95. The van der Waals surface area contributed by atoms with Gasteiger partial charge < -0.3 is 14.8 Å². The van der Waals surface area contributed by atoms with Crippen molar-refractivity contribution in [2.24, 2.45) is 0 Å². The Kier molecular flexibility index (Phi) is 7.33. The molecule has 0 bridgehead atoms. The van der Waals surface area contributed by atoms with Crippen molar-refractivity contribution in [2.45, 2.75) is 46.3 Å². The minimum Gasteiger partial charge on any atom is -0.494 e. The molecule has 0 heterocycles. The van der Waals surface area contributed by atoms with Crippen molar-refractivity contribution in [1.82, 2.24) is 5.32 Å². The fraction of sp³-hybridized carbons (Fsp3) is 0.381. The summed E-state index contributed by atoms with van der Waals surface area (Å²) in [6.07, 6.45) is 1.10. The van der Waals surface area contributed by atoms with Gasteiger partial charge >= 0.3 is 0 Å². The number of carbonyl (C=O) groups excluding carboxylic acids is 1. The van der Waals surface area contributed by atoms with Crippen LogP contribution < -0.4 is 14.8 Å². The second kappa shape index (κ2) is 9.72. The molecule has 1 unspecified atom stereocenters. The molecule has 4 nitrogen and oxygen atoms in total. The lowest BCUT2D eigenvalue weighted by Gasteiger charge is -2.17. The number of hydrogen-bond donors (Lipinski definition) is 1. The molecule has 0 aliphatic carbocycles. The maximum Gasteiger partial charge on any atom is 0.261 e. The number of carbonyl (C=O) groups is 1. The molecular formula is C21H27NO3. The minimum absolute atomic E-state index is 0.108. The topological polar surface area (TPSA) is 47.6 Å². The zero-order valence-corrected chi connectivity index (χ0v) is 15.2. The highest BCUT2D eigenvalue weighted by atomic mass is 16.5. The van der Waals surface area contributed by atoms with E-state index in [1.165, 1.54) is 5.56 Å². The Morgan fingerprint density at radius 1 is 1.00 bits per heavy atom. The van der Waals surface area contributed by atoms with Crippen LogP contribution >= 0.6 is 0 Å². The van der Waals surface area contributed by atoms with E-state index in [2.05, 4.69) is 12.2 Å². The third kappa shape index (κ3) is 5.82. The summed E-state index contributed by atoms with van der Waals surface area (Å²) in [5, 5.41) is 2.94. The fourth-order valence-electron chi connectivity index (χ4n) is 2.51. The van der Waals surface area contributed by atoms with Crippen LogP contribution in [0, 0.1) is 0 Å². The summed E-state index contributed by atoms with van der Waals surface area (Å²) in [4.78, 5) is 12.4. The Bertz CT molecular complexity index is 667. The normalized spacial score (nSPS) is 11.6. The van der Waals surface area contributed by atoms with Crippen molar-refractivity contribution in [1.29, 1.82) is 0 Å². The van der Waals surface area contributed by atoms with E-state index in [9.17, 15) is 4.79 Å². The first-order chi connectivity index (χ1) is 12.2. The highest BCUT2D eigenvalue weighted by Crippen LogP contribution is 2.16. The lowest BCUT2D eigenvalue weighted by atomic mass is 10.1. The molecule has 0 spiro atoms. The van der Waals surface area contributed by atoms with Crippen molar-refractivity contribution in [2.75, 3.05) is 6.61 Å². The largest absolute Gasteiger partial charge is 0.494 e. The molecule has 1 N–H and O–H groups in total. The van der Waals surface area contributed by atoms with Crippen molar-refractivity contribution in [3.63, 3.8) is 0 Å². The highest BCUT2D eigenvalue weighted by molar-refractivity contribution is 5.81. The Labute approximate surface area is 150 Å². The first-order valence-corrected chi connectivity index (χ1v) is 8.91. The van der Waals surface area contributed by atoms with E-state index in [-0.39, 0.29) is 5.91 Å². The van der Waals surface area contributed by atoms with Crippen molar-refractivity contribution in [3.05, 3.63) is 59.7 Å². The van der Waals surface area contributed by atoms with Crippen LogP contribution in [0.15, 0.2) is 48.5 Å². The standard InChI is InChI=1S/C21H27NO3/c1-4-16-10-12-18(13-11-16)25-20(5-2)21(23)22-15-17-8-7-9-19(14-17)24-6-3/h7-14,20H,4-6,15H2,1-3H3,(H,22,23). The lowest BCUT2D eigenvalue weighted by Crippen LogP contribution is -2.37. The maximum absolute atomic E-state index is 12.4. The molecule has 0 saturated heterocycles. The average molecular weight is 341 g/mol. The number of aryl methyl sites for hydroxylation is 1. The van der Waals surface area contributed by atoms with Gasteiger partial charge in [0.2, 0.25) is 0 Å². The highest BCUT2D eigenvalue weighted by Gasteiger charge is 2.18. The predicted octanol–water partition coefficient (Wildman–Crippen LogP) is 4.12. The van der Waals surface area contributed by atoms with E-state index in [1.807, 2.05) is 62.4 Å². The van der Waals surface area contributed by atoms with Crippen molar-refractivity contribution < 1.29 is 14.3 Å². The second-order valence-corrected chi connectivity index (χ2v) is 5.81. The third-order valence-corrected chi connectivity index (χ3v) is 3.95. The summed E-state index contributed by atoms with van der Waals surface area (Å²) in [5.74, 6) is 1.43. The van der Waals surface area contributed by atoms with Crippen LogP contribution in [0.3, 0.4) is 0 Å². The van der Waals surface area contributed by atoms with Crippen LogP contribution in [0.1, 0.15) is 38.3 Å². The number of nitrogens with one attached hydrogen (secondary N) is 1. The Morgan fingerprint density at radius 2 is 1.76 bits per heavy atom. The molecule has 0 aromatic heterocycles. The minimum atomic E-state index is -0.498. The van der Waals surface area contributed by atoms with E-state index in [4.69, 9.17) is 9.47 Å². The summed E-state index contributed by atoms with van der Waals surface area (Å²) in [7, 11) is 0. The van der Waals surface area contributed by atoms with Crippen LogP contribution in [-0.2, 0) is 17.8 Å². The molecule has 4 heteroatoms. The van der Waals surface area contributed by atoms with E-state index < -0.39 is 6.10 Å². The SMILES string of the molecule is CCOc1cccc(CNC(=O)C(CC)Oc2ccc(CC)cc2)c1. The summed E-state index contributed by atoms with van der Waals surface area (Å²) < 4.78 is 11.3. The van der Waals surface area contributed by atoms with E-state index >= 15 is 0 Å². The van der Waals surface area contributed by atoms with Gasteiger partial charge in [-0.15, -0.1) is 0 Å². The lowest BCUT2D eigenvalue weighted by molar-refractivity contribution is -0.128. The molecule has 2 aromatic rings. The molecule has 25 heavy (non-hydrogen) atoms. The predicted molar refractivity (Wildman–Crippen MR) is 100.0 cm³/mol. The van der Waals surface area contributed by atoms with Gasteiger partial charge in [0.15, 0.2) is 6.10 Å². The van der Waals surface area contributed by atoms with Crippen LogP contribution in [0.4, 0.5) is 0 Å². The van der Waals surface area contributed by atoms with Gasteiger partial charge in [0, 0.05) is 6.54 Å². The zero-order chi connectivity index (χ0) is 18.1. The maximum atomic E-state index is 12.4. The number of amides is 1. The molecule has 2 rings (SSSR count). The molecule has 2 aromatic carbocycles. The molecule has 134 valence electrons. The van der Waals surface area contributed by atoms with E-state index in [1.54, 1.807) is 0 Å². The quantitative estimate of drug-likeness (QED) is 0.746. The fourth-order valence-corrected chi connectivity index (χ4v) is 2.51. The molecule has 1 atom stereocenters. The van der Waals surface area contributed by atoms with Crippen LogP contribution in [0.2, 0.25) is 0 Å². The molecular weight excluding hydrogens is 314 g/mol. The molecule has 0 saturated carbocycles. The van der Waals surface area contributed by atoms with Crippen molar-refractivity contribution in [3.8, 4) is 11.5 Å². The van der Waals surface area contributed by atoms with Gasteiger partial charge in [-0.2, -0.15) is 0 Å². The molecule has 0 radical (unpaired) electrons. The van der Waals surface area contributed by atoms with Gasteiger partial charge in [0.1, 0.15) is 11.5 Å². The van der Waals surface area contributed by atoms with Gasteiger partial charge in [-0.3, -0.25) is 4.79 Å². The zero-order valence-electron chi connectivity index (χ0n) is 15.2. The van der Waals surface area contributed by atoms with Gasteiger partial charge in [-0.1, -0.05) is 38.1 Å². The van der Waals surface area contributed by atoms with Gasteiger partial charge in [0.05, 0.1) is 6.61 Å². The summed E-state index contributed by atoms with van der Waals surface area (Å²) in [5.41, 5.74) is 2.25. The second-order valence-electron chi connectivity index (χ2n) is 5.81. The molecule has 0 fully saturated rings. The smallest absolute Gasteiger partial charge is 0.261 e. The van der Waals surface area contributed by atoms with E-state index in [0.29, 0.717) is 19.6 Å². The van der Waals surface area contributed by atoms with Crippen LogP contribution in [-0.4, -0.2) is 18.6 Å². The average Bonchev–Trinajstić information content (AvgIpc) is 2.65. The number of benzene rings is 2. The first kappa shape index (κ1) is 18.8. The first-order valence-electron chi connectivity index (χ1n) is 8.91. The number of hydrogen-bond acceptors (Lipinski definition) is 3. The van der Waals surface area contributed by atoms with Crippen LogP contribution in [0.5, 0.6) is 11.5 Å². The van der Waals surface area contributed by atoms with Gasteiger partial charge in [-0.05, 0) is 55.2 Å². The molecule has 1 amide bonds. The summed E-state index contributed by atoms with van der Waals surface area (Å²) in [6.45, 7) is 7.08. The number of ether oxygens (including phenoxy) is 2. The Hall–Kier alpha value is -2.49. The van der Waals surface area contributed by atoms with Crippen LogP contribution in [0.25, 0.3) is 0 Å². The monoisotopic (exact) mass is 341 g/mol. The Balaban J connectivity index is 1.91. The van der Waals surface area contributed by atoms with Gasteiger partial charge in [-0.25, -0.2) is 0 Å².